The van der Waals surface area contributed by atoms with Crippen molar-refractivity contribution in [3.05, 3.63) is 102 Å². The van der Waals surface area contributed by atoms with E-state index in [0.29, 0.717) is 16.5 Å². The van der Waals surface area contributed by atoms with Crippen LogP contribution in [0.3, 0.4) is 0 Å². The highest BCUT2D eigenvalue weighted by Gasteiger charge is 2.21. The number of rotatable bonds is 6. The van der Waals surface area contributed by atoms with Gasteiger partial charge in [0.1, 0.15) is 27.8 Å². The molecule has 13 heteroatoms. The molecule has 206 valence electrons. The van der Waals surface area contributed by atoms with E-state index in [4.69, 9.17) is 4.98 Å². The number of phenolic OH excluding ortho intramolecular Hbond substituents is 1. The predicted molar refractivity (Wildman–Crippen MR) is 165 cm³/mol. The normalized spacial score (nSPS) is 11.3. The van der Waals surface area contributed by atoms with Crippen molar-refractivity contribution in [2.45, 2.75) is 0 Å². The minimum atomic E-state index is -0.526. The molecule has 0 aliphatic carbocycles. The molecule has 1 amide bonds. The lowest BCUT2D eigenvalue weighted by Crippen LogP contribution is -2.12. The van der Waals surface area contributed by atoms with E-state index in [-0.39, 0.29) is 34.3 Å². The molecule has 3 heterocycles. The molecule has 0 saturated carbocycles. The highest BCUT2D eigenvalue weighted by atomic mass is 32.1. The summed E-state index contributed by atoms with van der Waals surface area (Å²) in [6.45, 7) is 0. The fourth-order valence-electron chi connectivity index (χ4n) is 4.52. The van der Waals surface area contributed by atoms with Gasteiger partial charge in [-0.1, -0.05) is 42.5 Å². The number of nitrogens with zero attached hydrogens (tertiary/aromatic N) is 8. The number of aromatic hydroxyl groups is 1. The third-order valence-electron chi connectivity index (χ3n) is 6.55. The number of nitriles is 1. The molecule has 0 saturated heterocycles. The minimum Gasteiger partial charge on any atom is -0.505 e. The smallest absolute Gasteiger partial charge is 0.264 e. The zero-order chi connectivity index (χ0) is 29.3. The number of carbonyl (C=O) groups excluding carboxylic acids is 1. The number of carbonyl (C=O) groups is 1. The van der Waals surface area contributed by atoms with E-state index in [0.717, 1.165) is 32.3 Å². The van der Waals surface area contributed by atoms with Crippen LogP contribution in [0.25, 0.3) is 37.5 Å². The summed E-state index contributed by atoms with van der Waals surface area (Å²) in [7, 11) is 0. The van der Waals surface area contributed by atoms with Crippen LogP contribution < -0.4 is 5.32 Å². The molecule has 43 heavy (non-hydrogen) atoms. The standard InChI is InChI=1S/C30H17N9O2S2/c31-14-19-15-33-39(30-32-16-42-38-30)27(19)37-36-25-21-11-10-17(29-35-23-8-4-5-9-24(23)43-29)12-18(21)13-22(26(25)40)28(41)34-20-6-2-1-3-7-20/h1-13,15-16,40H,(H,34,41)/b37-36+. The van der Waals surface area contributed by atoms with Crippen LogP contribution in [0, 0.1) is 11.3 Å². The molecular formula is C30H17N9O2S2. The maximum absolute atomic E-state index is 13.4. The first-order valence-electron chi connectivity index (χ1n) is 12.8. The van der Waals surface area contributed by atoms with Crippen LogP contribution in [0.1, 0.15) is 15.9 Å². The lowest BCUT2D eigenvalue weighted by molar-refractivity contribution is 0.102. The highest BCUT2D eigenvalue weighted by Crippen LogP contribution is 2.42. The molecule has 0 aliphatic rings. The van der Waals surface area contributed by atoms with Gasteiger partial charge in [-0.3, -0.25) is 4.79 Å². The molecule has 0 aliphatic heterocycles. The first kappa shape index (κ1) is 26.1. The third kappa shape index (κ3) is 4.86. The van der Waals surface area contributed by atoms with Crippen molar-refractivity contribution in [3.8, 4) is 28.3 Å². The maximum Gasteiger partial charge on any atom is 0.264 e. The summed E-state index contributed by atoms with van der Waals surface area (Å²) in [6.07, 6.45) is 1.33. The van der Waals surface area contributed by atoms with E-state index >= 15 is 0 Å². The zero-order valence-corrected chi connectivity index (χ0v) is 23.5. The molecule has 7 rings (SSSR count). The fourth-order valence-corrected chi connectivity index (χ4v) is 5.89. The van der Waals surface area contributed by atoms with Gasteiger partial charge in [0.15, 0.2) is 11.6 Å². The molecule has 0 bridgehead atoms. The number of aromatic nitrogens is 5. The van der Waals surface area contributed by atoms with Crippen molar-refractivity contribution in [1.29, 1.82) is 5.26 Å². The van der Waals surface area contributed by atoms with Gasteiger partial charge in [0.05, 0.1) is 22.0 Å². The number of benzene rings is 4. The first-order chi connectivity index (χ1) is 21.1. The Morgan fingerprint density at radius 3 is 2.65 bits per heavy atom. The lowest BCUT2D eigenvalue weighted by Gasteiger charge is -2.12. The van der Waals surface area contributed by atoms with Crippen molar-refractivity contribution in [2.24, 2.45) is 10.2 Å². The largest absolute Gasteiger partial charge is 0.505 e. The van der Waals surface area contributed by atoms with E-state index in [1.165, 1.54) is 16.4 Å². The maximum atomic E-state index is 13.4. The van der Waals surface area contributed by atoms with Crippen LogP contribution >= 0.6 is 22.9 Å². The summed E-state index contributed by atoms with van der Waals surface area (Å²) >= 11 is 2.68. The molecule has 0 spiro atoms. The first-order valence-corrected chi connectivity index (χ1v) is 14.4. The van der Waals surface area contributed by atoms with Crippen LogP contribution in [0.5, 0.6) is 5.75 Å². The molecule has 0 unspecified atom stereocenters. The number of azo groups is 1. The average molecular weight is 600 g/mol. The zero-order valence-electron chi connectivity index (χ0n) is 21.9. The molecule has 0 radical (unpaired) electrons. The topological polar surface area (TPSA) is 154 Å². The molecule has 0 fully saturated rings. The van der Waals surface area contributed by atoms with Crippen molar-refractivity contribution in [1.82, 2.24) is 24.1 Å². The molecule has 7 aromatic rings. The monoisotopic (exact) mass is 599 g/mol. The Hall–Kier alpha value is -5.84. The summed E-state index contributed by atoms with van der Waals surface area (Å²) in [5.41, 5.74) is 4.02. The van der Waals surface area contributed by atoms with Crippen molar-refractivity contribution in [3.63, 3.8) is 0 Å². The number of hydrogen-bond donors (Lipinski definition) is 2. The molecule has 3 aromatic heterocycles. The average Bonchev–Trinajstić information content (AvgIpc) is 3.80. The van der Waals surface area contributed by atoms with E-state index in [9.17, 15) is 15.2 Å². The predicted octanol–water partition coefficient (Wildman–Crippen LogP) is 7.40. The fraction of sp³-hybridized carbons (Fsp3) is 0. The Labute approximate surface area is 251 Å². The van der Waals surface area contributed by atoms with Crippen molar-refractivity contribution >= 4 is 67.0 Å². The Morgan fingerprint density at radius 1 is 1.02 bits per heavy atom. The van der Waals surface area contributed by atoms with Crippen molar-refractivity contribution < 1.29 is 9.90 Å². The lowest BCUT2D eigenvalue weighted by atomic mass is 10.0. The van der Waals surface area contributed by atoms with E-state index in [1.54, 1.807) is 47.7 Å². The van der Waals surface area contributed by atoms with Crippen LogP contribution in [-0.4, -0.2) is 35.1 Å². The van der Waals surface area contributed by atoms with Gasteiger partial charge in [-0.25, -0.2) is 9.97 Å². The summed E-state index contributed by atoms with van der Waals surface area (Å²) in [5, 5.41) is 38.7. The molecule has 11 nitrogen and oxygen atoms in total. The SMILES string of the molecule is N#Cc1cnn(-c2ncsn2)c1/N=N/c1c(O)c(C(=O)Nc2ccccc2)cc2cc(-c3nc4ccccc4s3)ccc12. The quantitative estimate of drug-likeness (QED) is 0.189. The van der Waals surface area contributed by atoms with E-state index in [2.05, 4.69) is 30.0 Å². The van der Waals surface area contributed by atoms with Gasteiger partial charge >= 0.3 is 0 Å². The molecule has 0 atom stereocenters. The second kappa shape index (κ2) is 10.9. The third-order valence-corrected chi connectivity index (χ3v) is 8.11. The van der Waals surface area contributed by atoms with Gasteiger partial charge in [0.2, 0.25) is 0 Å². The van der Waals surface area contributed by atoms with E-state index in [1.807, 2.05) is 48.5 Å². The summed E-state index contributed by atoms with van der Waals surface area (Å²) < 4.78 is 6.50. The Morgan fingerprint density at radius 2 is 1.86 bits per heavy atom. The second-order valence-corrected chi connectivity index (χ2v) is 10.8. The van der Waals surface area contributed by atoms with Gasteiger partial charge in [-0.15, -0.1) is 21.6 Å². The summed E-state index contributed by atoms with van der Waals surface area (Å²) in [5.74, 6) is -0.583. The number of hydrogen-bond acceptors (Lipinski definition) is 11. The summed E-state index contributed by atoms with van der Waals surface area (Å²) in [6, 6.07) is 26.1. The number of thiazole rings is 1. The molecule has 2 N–H and O–H groups in total. The van der Waals surface area contributed by atoms with Gasteiger partial charge < -0.3 is 10.4 Å². The van der Waals surface area contributed by atoms with E-state index < -0.39 is 5.91 Å². The Bertz CT molecular complexity index is 2180. The second-order valence-electron chi connectivity index (χ2n) is 9.20. The van der Waals surface area contributed by atoms with Gasteiger partial charge in [-0.2, -0.15) is 19.4 Å². The number of phenols is 1. The highest BCUT2D eigenvalue weighted by molar-refractivity contribution is 7.21. The molecule has 4 aromatic carbocycles. The van der Waals surface area contributed by atoms with Crippen LogP contribution in [0.4, 0.5) is 17.2 Å². The Balaban J connectivity index is 1.38. The number of amides is 1. The number of para-hydroxylation sites is 2. The molecular weight excluding hydrogens is 583 g/mol. The van der Waals surface area contributed by atoms with Crippen LogP contribution in [0.2, 0.25) is 0 Å². The number of fused-ring (bicyclic) bond motifs is 2. The number of anilines is 1. The Kier molecular flexibility index (Phi) is 6.59. The van der Waals surface area contributed by atoms with Crippen LogP contribution in [-0.2, 0) is 0 Å². The summed E-state index contributed by atoms with van der Waals surface area (Å²) in [4.78, 5) is 22.3. The van der Waals surface area contributed by atoms with Crippen LogP contribution in [0.15, 0.2) is 101 Å². The van der Waals surface area contributed by atoms with Gasteiger partial charge in [0.25, 0.3) is 11.9 Å². The van der Waals surface area contributed by atoms with Gasteiger partial charge in [-0.05, 0) is 53.3 Å². The number of nitrogens with one attached hydrogen (secondary N) is 1. The van der Waals surface area contributed by atoms with Crippen molar-refractivity contribution in [2.75, 3.05) is 5.32 Å². The minimum absolute atomic E-state index is 0.00179. The van der Waals surface area contributed by atoms with Gasteiger partial charge in [0, 0.05) is 16.6 Å².